The van der Waals surface area contributed by atoms with E-state index in [2.05, 4.69) is 40.2 Å². The zero-order chi connectivity index (χ0) is 13.5. The van der Waals surface area contributed by atoms with Crippen LogP contribution in [0, 0.1) is 0 Å². The minimum atomic E-state index is 0.138. The van der Waals surface area contributed by atoms with Crippen molar-refractivity contribution in [3.8, 4) is 0 Å². The summed E-state index contributed by atoms with van der Waals surface area (Å²) in [6.45, 7) is 5.28. The van der Waals surface area contributed by atoms with Gasteiger partial charge in [-0.3, -0.25) is 4.98 Å². The molecule has 0 aromatic carbocycles. The Labute approximate surface area is 114 Å². The molecule has 4 heteroatoms. The molecule has 0 aliphatic heterocycles. The van der Waals surface area contributed by atoms with Gasteiger partial charge in [0.05, 0.1) is 6.04 Å². The van der Waals surface area contributed by atoms with E-state index < -0.39 is 0 Å². The third-order valence-electron chi connectivity index (χ3n) is 3.15. The third-order valence-corrected chi connectivity index (χ3v) is 3.15. The van der Waals surface area contributed by atoms with Crippen molar-refractivity contribution >= 4 is 0 Å². The zero-order valence-electron chi connectivity index (χ0n) is 11.5. The zero-order valence-corrected chi connectivity index (χ0v) is 11.5. The van der Waals surface area contributed by atoms with Crippen molar-refractivity contribution < 1.29 is 0 Å². The minimum absolute atomic E-state index is 0.138. The molecule has 2 aromatic rings. The van der Waals surface area contributed by atoms with E-state index in [1.165, 1.54) is 11.1 Å². The Hall–Kier alpha value is -1.81. The van der Waals surface area contributed by atoms with Crippen molar-refractivity contribution in [2.45, 2.75) is 32.7 Å². The highest BCUT2D eigenvalue weighted by molar-refractivity contribution is 5.33. The van der Waals surface area contributed by atoms with Crippen LogP contribution in [0.3, 0.4) is 0 Å². The summed E-state index contributed by atoms with van der Waals surface area (Å²) < 4.78 is 0. The van der Waals surface area contributed by atoms with Crippen LogP contribution < -0.4 is 5.32 Å². The molecule has 0 amide bonds. The molecule has 100 valence electrons. The largest absolute Gasteiger partial charge is 0.306 e. The standard InChI is InChI=1S/C15H20N4/c1-3-6-19-15(13-9-17-11-18-10-13)14-5-7-16-8-12(14)4-2/h5,7-11,15,19H,3-4,6H2,1-2H3. The number of aromatic nitrogens is 3. The first-order valence-corrected chi connectivity index (χ1v) is 6.77. The van der Waals surface area contributed by atoms with Gasteiger partial charge in [-0.2, -0.15) is 0 Å². The van der Waals surface area contributed by atoms with E-state index in [1.807, 2.05) is 24.8 Å². The van der Waals surface area contributed by atoms with Gasteiger partial charge in [0, 0.05) is 30.4 Å². The second-order valence-corrected chi connectivity index (χ2v) is 4.49. The normalized spacial score (nSPS) is 12.3. The number of pyridine rings is 1. The maximum absolute atomic E-state index is 4.21. The summed E-state index contributed by atoms with van der Waals surface area (Å²) in [7, 11) is 0. The number of nitrogens with zero attached hydrogens (tertiary/aromatic N) is 3. The van der Waals surface area contributed by atoms with Crippen LogP contribution in [0.5, 0.6) is 0 Å². The Morgan fingerprint density at radius 2 is 1.89 bits per heavy atom. The van der Waals surface area contributed by atoms with E-state index in [-0.39, 0.29) is 6.04 Å². The fraction of sp³-hybridized carbons (Fsp3) is 0.400. The van der Waals surface area contributed by atoms with Gasteiger partial charge in [0.25, 0.3) is 0 Å². The average molecular weight is 256 g/mol. The fourth-order valence-corrected chi connectivity index (χ4v) is 2.17. The molecule has 0 saturated carbocycles. The lowest BCUT2D eigenvalue weighted by atomic mass is 9.96. The summed E-state index contributed by atoms with van der Waals surface area (Å²) in [4.78, 5) is 12.5. The van der Waals surface area contributed by atoms with E-state index in [1.54, 1.807) is 6.33 Å². The molecule has 19 heavy (non-hydrogen) atoms. The molecule has 1 N–H and O–H groups in total. The molecule has 1 unspecified atom stereocenters. The van der Waals surface area contributed by atoms with Gasteiger partial charge >= 0.3 is 0 Å². The summed E-state index contributed by atoms with van der Waals surface area (Å²) in [6.07, 6.45) is 11.2. The van der Waals surface area contributed by atoms with Gasteiger partial charge in [-0.05, 0) is 36.6 Å². The van der Waals surface area contributed by atoms with Crippen molar-refractivity contribution in [3.63, 3.8) is 0 Å². The Kier molecular flexibility index (Phi) is 4.98. The Morgan fingerprint density at radius 1 is 1.11 bits per heavy atom. The molecule has 0 aliphatic rings. The van der Waals surface area contributed by atoms with Crippen LogP contribution in [0.15, 0.2) is 37.2 Å². The molecular formula is C15H20N4. The minimum Gasteiger partial charge on any atom is -0.306 e. The van der Waals surface area contributed by atoms with Crippen LogP contribution in [0.1, 0.15) is 43.0 Å². The number of hydrogen-bond donors (Lipinski definition) is 1. The van der Waals surface area contributed by atoms with Crippen LogP contribution in [0.2, 0.25) is 0 Å². The highest BCUT2D eigenvalue weighted by atomic mass is 14.9. The molecule has 2 aromatic heterocycles. The van der Waals surface area contributed by atoms with Crippen LogP contribution in [0.4, 0.5) is 0 Å². The van der Waals surface area contributed by atoms with Crippen molar-refractivity contribution in [2.75, 3.05) is 6.54 Å². The monoisotopic (exact) mass is 256 g/mol. The predicted molar refractivity (Wildman–Crippen MR) is 75.8 cm³/mol. The van der Waals surface area contributed by atoms with Gasteiger partial charge in [0.15, 0.2) is 0 Å². The molecule has 0 fully saturated rings. The smallest absolute Gasteiger partial charge is 0.115 e. The Morgan fingerprint density at radius 3 is 2.58 bits per heavy atom. The molecule has 0 saturated heterocycles. The van der Waals surface area contributed by atoms with E-state index in [0.717, 1.165) is 24.9 Å². The second kappa shape index (κ2) is 6.95. The molecule has 0 spiro atoms. The third kappa shape index (κ3) is 3.35. The van der Waals surface area contributed by atoms with Gasteiger partial charge < -0.3 is 5.32 Å². The quantitative estimate of drug-likeness (QED) is 0.863. The van der Waals surface area contributed by atoms with Gasteiger partial charge in [-0.1, -0.05) is 13.8 Å². The summed E-state index contributed by atoms with van der Waals surface area (Å²) in [6, 6.07) is 2.22. The summed E-state index contributed by atoms with van der Waals surface area (Å²) >= 11 is 0. The molecule has 0 aliphatic carbocycles. The molecule has 2 heterocycles. The van der Waals surface area contributed by atoms with Crippen LogP contribution in [-0.2, 0) is 6.42 Å². The first-order valence-electron chi connectivity index (χ1n) is 6.77. The first-order chi connectivity index (χ1) is 9.36. The van der Waals surface area contributed by atoms with Gasteiger partial charge in [0.2, 0.25) is 0 Å². The SMILES string of the molecule is CCCNC(c1cncnc1)c1ccncc1CC. The molecule has 4 nitrogen and oxygen atoms in total. The van der Waals surface area contributed by atoms with E-state index >= 15 is 0 Å². The molecule has 2 rings (SSSR count). The Bertz CT molecular complexity index is 499. The second-order valence-electron chi connectivity index (χ2n) is 4.49. The molecule has 0 bridgehead atoms. The number of nitrogens with one attached hydrogen (secondary N) is 1. The molecular weight excluding hydrogens is 236 g/mol. The van der Waals surface area contributed by atoms with Crippen molar-refractivity contribution in [3.05, 3.63) is 53.9 Å². The van der Waals surface area contributed by atoms with E-state index in [0.29, 0.717) is 0 Å². The van der Waals surface area contributed by atoms with E-state index in [4.69, 9.17) is 0 Å². The van der Waals surface area contributed by atoms with E-state index in [9.17, 15) is 0 Å². The van der Waals surface area contributed by atoms with Crippen LogP contribution in [0.25, 0.3) is 0 Å². The fourth-order valence-electron chi connectivity index (χ4n) is 2.17. The van der Waals surface area contributed by atoms with Crippen molar-refractivity contribution in [1.29, 1.82) is 0 Å². The topological polar surface area (TPSA) is 50.7 Å². The molecule has 1 atom stereocenters. The number of aryl methyl sites for hydroxylation is 1. The number of hydrogen-bond acceptors (Lipinski definition) is 4. The lowest BCUT2D eigenvalue weighted by Gasteiger charge is -2.21. The lowest BCUT2D eigenvalue weighted by Crippen LogP contribution is -2.24. The highest BCUT2D eigenvalue weighted by Gasteiger charge is 2.16. The lowest BCUT2D eigenvalue weighted by molar-refractivity contribution is 0.590. The van der Waals surface area contributed by atoms with Crippen molar-refractivity contribution in [1.82, 2.24) is 20.3 Å². The van der Waals surface area contributed by atoms with Crippen LogP contribution >= 0.6 is 0 Å². The Balaban J connectivity index is 2.37. The predicted octanol–water partition coefficient (Wildman–Crippen LogP) is 2.52. The van der Waals surface area contributed by atoms with Gasteiger partial charge in [-0.15, -0.1) is 0 Å². The maximum Gasteiger partial charge on any atom is 0.115 e. The average Bonchev–Trinajstić information content (AvgIpc) is 2.49. The molecule has 0 radical (unpaired) electrons. The maximum atomic E-state index is 4.21. The first kappa shape index (κ1) is 13.6. The highest BCUT2D eigenvalue weighted by Crippen LogP contribution is 2.24. The van der Waals surface area contributed by atoms with Gasteiger partial charge in [0.1, 0.15) is 6.33 Å². The van der Waals surface area contributed by atoms with Crippen LogP contribution in [-0.4, -0.2) is 21.5 Å². The summed E-state index contributed by atoms with van der Waals surface area (Å²) in [5, 5.41) is 3.57. The van der Waals surface area contributed by atoms with Crippen molar-refractivity contribution in [2.24, 2.45) is 0 Å². The number of rotatable bonds is 6. The summed E-state index contributed by atoms with van der Waals surface area (Å²) in [5.41, 5.74) is 3.62. The summed E-state index contributed by atoms with van der Waals surface area (Å²) in [5.74, 6) is 0. The van der Waals surface area contributed by atoms with Gasteiger partial charge in [-0.25, -0.2) is 9.97 Å².